The summed E-state index contributed by atoms with van der Waals surface area (Å²) in [5, 5.41) is 9.46. The molecule has 9 heteroatoms. The van der Waals surface area contributed by atoms with Crippen molar-refractivity contribution in [2.75, 3.05) is 0 Å². The molecule has 0 saturated carbocycles. The number of imide groups is 1. The quantitative estimate of drug-likeness (QED) is 0.124. The minimum absolute atomic E-state index is 0.0295. The number of rotatable bonds is 11. The van der Waals surface area contributed by atoms with Gasteiger partial charge in [0, 0.05) is 34.8 Å². The molecule has 0 heterocycles. The number of alkyl carbamates (subject to hydrolysis) is 1. The zero-order chi connectivity index (χ0) is 38.2. The van der Waals surface area contributed by atoms with E-state index in [0.29, 0.717) is 39.6 Å². The summed E-state index contributed by atoms with van der Waals surface area (Å²) in [4.78, 5) is 40.2. The second kappa shape index (κ2) is 17.1. The summed E-state index contributed by atoms with van der Waals surface area (Å²) in [5.41, 5.74) is 6.01. The van der Waals surface area contributed by atoms with E-state index in [1.807, 2.05) is 107 Å². The normalized spacial score (nSPS) is 14.4. The molecule has 8 nitrogen and oxygen atoms in total. The van der Waals surface area contributed by atoms with Crippen LogP contribution in [0.15, 0.2) is 115 Å². The van der Waals surface area contributed by atoms with E-state index < -0.39 is 23.6 Å². The fraction of sp³-hybridized carbons (Fsp3) is 0.267. The molecule has 0 aliphatic heterocycles. The zero-order valence-electron chi connectivity index (χ0n) is 31.1. The van der Waals surface area contributed by atoms with Gasteiger partial charge in [-0.25, -0.2) is 4.79 Å². The van der Waals surface area contributed by atoms with Gasteiger partial charge >= 0.3 is 6.09 Å². The number of hydrogen-bond donors (Lipinski definition) is 3. The van der Waals surface area contributed by atoms with Crippen molar-refractivity contribution in [1.82, 2.24) is 16.0 Å². The maximum absolute atomic E-state index is 14.1. The van der Waals surface area contributed by atoms with Crippen molar-refractivity contribution in [3.05, 3.63) is 143 Å². The van der Waals surface area contributed by atoms with Gasteiger partial charge in [-0.3, -0.25) is 20.2 Å². The Morgan fingerprint density at radius 1 is 0.833 bits per heavy atom. The van der Waals surface area contributed by atoms with Crippen molar-refractivity contribution < 1.29 is 23.9 Å². The molecule has 2 unspecified atom stereocenters. The lowest BCUT2D eigenvalue weighted by Crippen LogP contribution is -2.47. The molecule has 2 atom stereocenters. The summed E-state index contributed by atoms with van der Waals surface area (Å²) in [5.74, 6) is 0.0148. The van der Waals surface area contributed by atoms with Crippen LogP contribution in [-0.4, -0.2) is 29.6 Å². The molecule has 54 heavy (non-hydrogen) atoms. The minimum Gasteiger partial charge on any atom is -0.457 e. The van der Waals surface area contributed by atoms with Gasteiger partial charge in [0.1, 0.15) is 17.1 Å². The lowest BCUT2D eigenvalue weighted by Gasteiger charge is -2.29. The lowest BCUT2D eigenvalue weighted by atomic mass is 9.87. The number of nitrogens with one attached hydrogen (secondary N) is 3. The van der Waals surface area contributed by atoms with Crippen LogP contribution in [0.4, 0.5) is 4.79 Å². The highest BCUT2D eigenvalue weighted by atomic mass is 35.5. The number of amides is 3. The van der Waals surface area contributed by atoms with Crippen LogP contribution < -0.4 is 20.7 Å². The van der Waals surface area contributed by atoms with E-state index in [4.69, 9.17) is 21.1 Å². The van der Waals surface area contributed by atoms with Gasteiger partial charge < -0.3 is 14.8 Å². The summed E-state index contributed by atoms with van der Waals surface area (Å²) in [6, 6.07) is 35.8. The lowest BCUT2D eigenvalue weighted by molar-refractivity contribution is -0.122. The second-order valence-corrected chi connectivity index (χ2v) is 14.9. The maximum atomic E-state index is 14.1. The highest BCUT2D eigenvalue weighted by Gasteiger charge is 2.28. The Hall–Kier alpha value is -5.44. The first kappa shape index (κ1) is 38.3. The van der Waals surface area contributed by atoms with Crippen LogP contribution in [0.1, 0.15) is 80.0 Å². The van der Waals surface area contributed by atoms with E-state index in [1.54, 1.807) is 24.3 Å². The first-order chi connectivity index (χ1) is 26.0. The molecule has 5 aromatic rings. The topological polar surface area (TPSA) is 106 Å². The third-order valence-electron chi connectivity index (χ3n) is 9.30. The number of aryl methyl sites for hydroxylation is 1. The fourth-order valence-electron chi connectivity index (χ4n) is 6.73. The number of hydrogen-bond acceptors (Lipinski definition) is 6. The van der Waals surface area contributed by atoms with Gasteiger partial charge in [0.25, 0.3) is 5.91 Å². The standard InChI is InChI=1S/C45H46ClN3O5/c1-5-39(48-40-20-12-17-31-16-9-10-19-35(31)40)43(51)49-42(50)37-23-21-32(30-14-7-6-8-15-30)26-38(37)36-24-22-33(46)27-41(36)53-34-18-11-13-29(25-34)28-47-44(52)54-45(2,3)4/h6-11,13-16,18-19,21-27,39-40,48H,5,12,17,20,28H2,1-4H3,(H,47,52)(H,49,50,51). The predicted octanol–water partition coefficient (Wildman–Crippen LogP) is 10.2. The van der Waals surface area contributed by atoms with E-state index in [2.05, 4.69) is 28.1 Å². The Morgan fingerprint density at radius 3 is 2.39 bits per heavy atom. The van der Waals surface area contributed by atoms with Gasteiger partial charge in [0.2, 0.25) is 5.91 Å². The summed E-state index contributed by atoms with van der Waals surface area (Å²) in [6.45, 7) is 7.59. The summed E-state index contributed by atoms with van der Waals surface area (Å²) in [6.07, 6.45) is 2.96. The molecule has 278 valence electrons. The first-order valence-corrected chi connectivity index (χ1v) is 18.8. The summed E-state index contributed by atoms with van der Waals surface area (Å²) < 4.78 is 11.8. The van der Waals surface area contributed by atoms with E-state index in [-0.39, 0.29) is 18.5 Å². The number of ether oxygens (including phenoxy) is 2. The van der Waals surface area contributed by atoms with Gasteiger partial charge in [0.05, 0.1) is 6.04 Å². The molecule has 3 amide bonds. The van der Waals surface area contributed by atoms with Gasteiger partial charge in [-0.15, -0.1) is 0 Å². The maximum Gasteiger partial charge on any atom is 0.407 e. The highest BCUT2D eigenvalue weighted by Crippen LogP contribution is 2.39. The van der Waals surface area contributed by atoms with E-state index >= 15 is 0 Å². The smallest absolute Gasteiger partial charge is 0.407 e. The van der Waals surface area contributed by atoms with Crippen LogP contribution in [0.2, 0.25) is 5.02 Å². The molecular formula is C45H46ClN3O5. The second-order valence-electron chi connectivity index (χ2n) is 14.5. The molecule has 6 rings (SSSR count). The molecule has 1 aliphatic carbocycles. The fourth-order valence-corrected chi connectivity index (χ4v) is 6.89. The molecule has 0 saturated heterocycles. The van der Waals surface area contributed by atoms with Crippen molar-refractivity contribution in [2.45, 2.75) is 77.6 Å². The minimum atomic E-state index is -0.616. The SMILES string of the molecule is CCC(NC1CCCc2ccccc21)C(=O)NC(=O)c1ccc(-c2ccccc2)cc1-c1ccc(Cl)cc1Oc1cccc(CNC(=O)OC(C)(C)C)c1. The molecule has 3 N–H and O–H groups in total. The van der Waals surface area contributed by atoms with Gasteiger partial charge in [-0.05, 0) is 116 Å². The van der Waals surface area contributed by atoms with E-state index in [1.165, 1.54) is 11.1 Å². The molecular weight excluding hydrogens is 698 g/mol. The van der Waals surface area contributed by atoms with Crippen LogP contribution >= 0.6 is 11.6 Å². The third-order valence-corrected chi connectivity index (χ3v) is 9.54. The first-order valence-electron chi connectivity index (χ1n) is 18.4. The Kier molecular flexibility index (Phi) is 12.2. The molecule has 5 aromatic carbocycles. The van der Waals surface area contributed by atoms with Crippen LogP contribution in [0.3, 0.4) is 0 Å². The summed E-state index contributed by atoms with van der Waals surface area (Å²) in [7, 11) is 0. The van der Waals surface area contributed by atoms with Crippen LogP contribution in [0, 0.1) is 0 Å². The van der Waals surface area contributed by atoms with Crippen molar-refractivity contribution in [1.29, 1.82) is 0 Å². The molecule has 0 fully saturated rings. The number of fused-ring (bicyclic) bond motifs is 1. The van der Waals surface area contributed by atoms with Crippen molar-refractivity contribution in [3.63, 3.8) is 0 Å². The Balaban J connectivity index is 1.29. The highest BCUT2D eigenvalue weighted by molar-refractivity contribution is 6.30. The van der Waals surface area contributed by atoms with Crippen LogP contribution in [0.5, 0.6) is 11.5 Å². The molecule has 1 aliphatic rings. The molecule has 0 radical (unpaired) electrons. The monoisotopic (exact) mass is 743 g/mol. The number of carbonyl (C=O) groups is 3. The number of carbonyl (C=O) groups excluding carboxylic acids is 3. The van der Waals surface area contributed by atoms with E-state index in [0.717, 1.165) is 36.0 Å². The van der Waals surface area contributed by atoms with Crippen molar-refractivity contribution in [2.24, 2.45) is 0 Å². The Labute approximate surface area is 322 Å². The third kappa shape index (κ3) is 9.75. The Bertz CT molecular complexity index is 2130. The average Bonchev–Trinajstić information content (AvgIpc) is 3.16. The Morgan fingerprint density at radius 2 is 1.61 bits per heavy atom. The van der Waals surface area contributed by atoms with E-state index in [9.17, 15) is 14.4 Å². The predicted molar refractivity (Wildman–Crippen MR) is 214 cm³/mol. The van der Waals surface area contributed by atoms with Crippen LogP contribution in [-0.2, 0) is 22.5 Å². The molecule has 0 spiro atoms. The summed E-state index contributed by atoms with van der Waals surface area (Å²) >= 11 is 6.53. The van der Waals surface area contributed by atoms with Gasteiger partial charge in [-0.2, -0.15) is 0 Å². The largest absolute Gasteiger partial charge is 0.457 e. The van der Waals surface area contributed by atoms with Gasteiger partial charge in [-0.1, -0.05) is 91.3 Å². The van der Waals surface area contributed by atoms with Crippen LogP contribution in [0.25, 0.3) is 22.3 Å². The van der Waals surface area contributed by atoms with Crippen molar-refractivity contribution >= 4 is 29.5 Å². The number of benzene rings is 5. The zero-order valence-corrected chi connectivity index (χ0v) is 31.8. The molecule has 0 bridgehead atoms. The van der Waals surface area contributed by atoms with Crippen molar-refractivity contribution in [3.8, 4) is 33.8 Å². The molecule has 0 aromatic heterocycles. The van der Waals surface area contributed by atoms with Gasteiger partial charge in [0.15, 0.2) is 0 Å². The average molecular weight is 744 g/mol. The number of halogens is 1.